The molecule has 0 aliphatic heterocycles. The topological polar surface area (TPSA) is 55.6 Å². The molecule has 5 nitrogen and oxygen atoms in total. The lowest BCUT2D eigenvalue weighted by molar-refractivity contribution is -0.141. The van der Waals surface area contributed by atoms with Gasteiger partial charge in [-0.05, 0) is 26.0 Å². The van der Waals surface area contributed by atoms with Crippen molar-refractivity contribution in [1.29, 1.82) is 0 Å². The van der Waals surface area contributed by atoms with Gasteiger partial charge >= 0.3 is 6.18 Å². The molecule has 0 bridgehead atoms. The Morgan fingerprint density at radius 3 is 2.35 bits per heavy atom. The molecule has 8 heteroatoms. The molecule has 0 amide bonds. The predicted octanol–water partition coefficient (Wildman–Crippen LogP) is 2.46. The van der Waals surface area contributed by atoms with Gasteiger partial charge in [-0.2, -0.15) is 18.3 Å². The minimum atomic E-state index is -4.47. The van der Waals surface area contributed by atoms with Crippen LogP contribution in [0.3, 0.4) is 0 Å². The second-order valence-electron chi connectivity index (χ2n) is 4.43. The van der Waals surface area contributed by atoms with E-state index >= 15 is 0 Å². The van der Waals surface area contributed by atoms with Crippen molar-refractivity contribution in [3.8, 4) is 0 Å². The number of anilines is 1. The fourth-order valence-corrected chi connectivity index (χ4v) is 1.83. The summed E-state index contributed by atoms with van der Waals surface area (Å²) < 4.78 is 38.8. The van der Waals surface area contributed by atoms with Gasteiger partial charge in [-0.25, -0.2) is 0 Å². The van der Waals surface area contributed by atoms with E-state index in [2.05, 4.69) is 20.6 Å². The van der Waals surface area contributed by atoms with E-state index < -0.39 is 11.9 Å². The summed E-state index contributed by atoms with van der Waals surface area (Å²) in [5, 5.41) is 13.9. The van der Waals surface area contributed by atoms with Gasteiger partial charge in [0.15, 0.2) is 5.69 Å². The van der Waals surface area contributed by atoms with Crippen molar-refractivity contribution in [3.05, 3.63) is 34.8 Å². The standard InChI is InChI=1S/C12H14F3N5/c1-7-9(8(2)20(3)19-7)6-16-11-5-4-10(17-18-11)12(13,14)15/h4-5H,6H2,1-3H3,(H,16,18). The molecule has 2 heterocycles. The Kier molecular flexibility index (Phi) is 3.65. The highest BCUT2D eigenvalue weighted by molar-refractivity contribution is 5.36. The number of nitrogens with zero attached hydrogens (tertiary/aromatic N) is 4. The minimum absolute atomic E-state index is 0.292. The Hall–Kier alpha value is -2.12. The van der Waals surface area contributed by atoms with Gasteiger partial charge in [-0.3, -0.25) is 4.68 Å². The summed E-state index contributed by atoms with van der Waals surface area (Å²) in [5.41, 5.74) is 1.86. The number of alkyl halides is 3. The van der Waals surface area contributed by atoms with E-state index in [1.165, 1.54) is 6.07 Å². The Balaban J connectivity index is 2.08. The van der Waals surface area contributed by atoms with Crippen LogP contribution in [-0.2, 0) is 19.8 Å². The van der Waals surface area contributed by atoms with Crippen molar-refractivity contribution in [2.24, 2.45) is 7.05 Å². The average molecular weight is 285 g/mol. The molecule has 0 aliphatic rings. The first-order valence-electron chi connectivity index (χ1n) is 5.93. The van der Waals surface area contributed by atoms with Crippen LogP contribution in [0.2, 0.25) is 0 Å². The molecule has 0 saturated carbocycles. The quantitative estimate of drug-likeness (QED) is 0.941. The molecule has 108 valence electrons. The molecule has 2 aromatic heterocycles. The molecule has 0 fully saturated rings. The van der Waals surface area contributed by atoms with Gasteiger partial charge in [0, 0.05) is 24.8 Å². The third-order valence-corrected chi connectivity index (χ3v) is 3.06. The molecule has 0 aliphatic carbocycles. The lowest BCUT2D eigenvalue weighted by atomic mass is 10.2. The minimum Gasteiger partial charge on any atom is -0.364 e. The van der Waals surface area contributed by atoms with Crippen LogP contribution in [0.25, 0.3) is 0 Å². The predicted molar refractivity (Wildman–Crippen MR) is 67.0 cm³/mol. The van der Waals surface area contributed by atoms with E-state index in [4.69, 9.17) is 0 Å². The normalized spacial score (nSPS) is 11.7. The maximum atomic E-state index is 12.3. The fraction of sp³-hybridized carbons (Fsp3) is 0.417. The van der Waals surface area contributed by atoms with Crippen LogP contribution in [-0.4, -0.2) is 20.0 Å². The highest BCUT2D eigenvalue weighted by Gasteiger charge is 2.32. The zero-order valence-corrected chi connectivity index (χ0v) is 11.3. The zero-order valence-electron chi connectivity index (χ0n) is 11.3. The van der Waals surface area contributed by atoms with Gasteiger partial charge < -0.3 is 5.32 Å². The van der Waals surface area contributed by atoms with Crippen molar-refractivity contribution in [3.63, 3.8) is 0 Å². The maximum Gasteiger partial charge on any atom is 0.435 e. The molecule has 20 heavy (non-hydrogen) atoms. The third-order valence-electron chi connectivity index (χ3n) is 3.06. The van der Waals surface area contributed by atoms with E-state index in [1.54, 1.807) is 4.68 Å². The van der Waals surface area contributed by atoms with Gasteiger partial charge in [-0.15, -0.1) is 10.2 Å². The SMILES string of the molecule is Cc1nn(C)c(C)c1CNc1ccc(C(F)(F)F)nn1. The molecule has 0 spiro atoms. The Bertz CT molecular complexity index is 601. The number of nitrogens with one attached hydrogen (secondary N) is 1. The highest BCUT2D eigenvalue weighted by atomic mass is 19.4. The van der Waals surface area contributed by atoms with Crippen LogP contribution >= 0.6 is 0 Å². The van der Waals surface area contributed by atoms with Gasteiger partial charge in [0.2, 0.25) is 0 Å². The lowest BCUT2D eigenvalue weighted by Gasteiger charge is -2.07. The largest absolute Gasteiger partial charge is 0.435 e. The molecule has 2 rings (SSSR count). The first kappa shape index (κ1) is 14.3. The summed E-state index contributed by atoms with van der Waals surface area (Å²) in [7, 11) is 1.84. The molecule has 1 N–H and O–H groups in total. The monoisotopic (exact) mass is 285 g/mol. The Morgan fingerprint density at radius 1 is 1.20 bits per heavy atom. The van der Waals surface area contributed by atoms with Gasteiger partial charge in [0.05, 0.1) is 5.69 Å². The molecule has 0 aromatic carbocycles. The van der Waals surface area contributed by atoms with Gasteiger partial charge in [0.1, 0.15) is 5.82 Å². The van der Waals surface area contributed by atoms with Crippen molar-refractivity contribution in [2.45, 2.75) is 26.6 Å². The first-order chi connectivity index (χ1) is 9.29. The van der Waals surface area contributed by atoms with Crippen LogP contribution in [0.4, 0.5) is 19.0 Å². The summed E-state index contributed by atoms with van der Waals surface area (Å²) in [5.74, 6) is 0.292. The summed E-state index contributed by atoms with van der Waals surface area (Å²) >= 11 is 0. The molecule has 0 radical (unpaired) electrons. The van der Waals surface area contributed by atoms with Crippen molar-refractivity contribution in [1.82, 2.24) is 20.0 Å². The van der Waals surface area contributed by atoms with Gasteiger partial charge in [0.25, 0.3) is 0 Å². The number of aromatic nitrogens is 4. The van der Waals surface area contributed by atoms with E-state index in [0.29, 0.717) is 12.4 Å². The molecular formula is C12H14F3N5. The van der Waals surface area contributed by atoms with E-state index in [-0.39, 0.29) is 0 Å². The summed E-state index contributed by atoms with van der Waals surface area (Å²) in [6, 6.07) is 2.16. The average Bonchev–Trinajstić information content (AvgIpc) is 2.61. The molecular weight excluding hydrogens is 271 g/mol. The Morgan fingerprint density at radius 2 is 1.90 bits per heavy atom. The summed E-state index contributed by atoms with van der Waals surface area (Å²) in [6.07, 6.45) is -4.47. The fourth-order valence-electron chi connectivity index (χ4n) is 1.83. The number of halogens is 3. The van der Waals surface area contributed by atoms with Crippen LogP contribution < -0.4 is 5.32 Å². The van der Waals surface area contributed by atoms with Crippen LogP contribution in [0, 0.1) is 13.8 Å². The van der Waals surface area contributed by atoms with Crippen molar-refractivity contribution >= 4 is 5.82 Å². The number of aryl methyl sites for hydroxylation is 2. The van der Waals surface area contributed by atoms with Crippen molar-refractivity contribution < 1.29 is 13.2 Å². The van der Waals surface area contributed by atoms with Crippen molar-refractivity contribution in [2.75, 3.05) is 5.32 Å². The highest BCUT2D eigenvalue weighted by Crippen LogP contribution is 2.27. The van der Waals surface area contributed by atoms with Gasteiger partial charge in [-0.1, -0.05) is 0 Å². The first-order valence-corrected chi connectivity index (χ1v) is 5.93. The lowest BCUT2D eigenvalue weighted by Crippen LogP contribution is -2.10. The number of rotatable bonds is 3. The summed E-state index contributed by atoms with van der Waals surface area (Å²) in [6.45, 7) is 4.24. The zero-order chi connectivity index (χ0) is 14.9. The second-order valence-corrected chi connectivity index (χ2v) is 4.43. The molecule has 0 atom stereocenters. The van der Waals surface area contributed by atoms with E-state index in [9.17, 15) is 13.2 Å². The summed E-state index contributed by atoms with van der Waals surface area (Å²) in [4.78, 5) is 0. The van der Waals surface area contributed by atoms with E-state index in [1.807, 2.05) is 20.9 Å². The maximum absolute atomic E-state index is 12.3. The smallest absolute Gasteiger partial charge is 0.364 e. The van der Waals surface area contributed by atoms with Crippen LogP contribution in [0.5, 0.6) is 0 Å². The third kappa shape index (κ3) is 2.89. The second kappa shape index (κ2) is 5.10. The molecule has 0 unspecified atom stereocenters. The molecule has 2 aromatic rings. The van der Waals surface area contributed by atoms with Crippen LogP contribution in [0.15, 0.2) is 12.1 Å². The molecule has 0 saturated heterocycles. The van der Waals surface area contributed by atoms with E-state index in [0.717, 1.165) is 23.0 Å². The van der Waals surface area contributed by atoms with Crippen LogP contribution in [0.1, 0.15) is 22.6 Å². The number of hydrogen-bond donors (Lipinski definition) is 1. The number of hydrogen-bond acceptors (Lipinski definition) is 4. The Labute approximate surface area is 113 Å².